The third kappa shape index (κ3) is 7.98. The van der Waals surface area contributed by atoms with Crippen molar-refractivity contribution < 1.29 is 24.1 Å². The zero-order valence-corrected chi connectivity index (χ0v) is 27.5. The minimum absolute atomic E-state index is 0.0548. The Kier molecular flexibility index (Phi) is 11.0. The molecule has 0 fully saturated rings. The number of nitrogens with zero attached hydrogens (tertiary/aromatic N) is 1. The van der Waals surface area contributed by atoms with E-state index in [1.165, 1.54) is 0 Å². The second-order valence-electron chi connectivity index (χ2n) is 10.4. The molecule has 3 N–H and O–H groups in total. The standard InChI is InChI=1S/C34H32BrCl2N3O5/c1-43-28-5-2-4-25(19-28)31-34(20-22-6-11-26(35)12-7-22,33(42)40-38-21-23-8-15-29(36)30(37)18-23)39-32(45-31)24-9-13-27(14-10-24)44-17-3-16-41/h2,4-15,18-19,31,38,41H,3,16-17,20-21H2,1H3,(H,40,42)/t31-,34-/m0/s1. The summed E-state index contributed by atoms with van der Waals surface area (Å²) in [6, 6.07) is 27.8. The fourth-order valence-electron chi connectivity index (χ4n) is 4.98. The fourth-order valence-corrected chi connectivity index (χ4v) is 5.57. The second-order valence-corrected chi connectivity index (χ2v) is 12.2. The van der Waals surface area contributed by atoms with E-state index in [9.17, 15) is 4.79 Å². The molecule has 0 saturated carbocycles. The van der Waals surface area contributed by atoms with Crippen LogP contribution in [-0.2, 0) is 22.5 Å². The Bertz CT molecular complexity index is 1650. The van der Waals surface area contributed by atoms with Gasteiger partial charge in [-0.3, -0.25) is 10.2 Å². The van der Waals surface area contributed by atoms with Crippen molar-refractivity contribution in [3.8, 4) is 11.5 Å². The van der Waals surface area contributed by atoms with Crippen LogP contribution in [0.1, 0.15) is 34.8 Å². The SMILES string of the molecule is COc1cccc([C@@H]2OC(c3ccc(OCCCO)cc3)=N[C@]2(Cc2ccc(Br)cc2)C(=O)NNCc2ccc(Cl)c(Cl)c2)c1. The van der Waals surface area contributed by atoms with Crippen molar-refractivity contribution in [2.24, 2.45) is 4.99 Å². The van der Waals surface area contributed by atoms with Crippen LogP contribution >= 0.6 is 39.1 Å². The topological polar surface area (TPSA) is 101 Å². The van der Waals surface area contributed by atoms with Gasteiger partial charge in [0.05, 0.1) is 23.8 Å². The highest BCUT2D eigenvalue weighted by Crippen LogP contribution is 2.43. The van der Waals surface area contributed by atoms with Crippen LogP contribution in [0, 0.1) is 0 Å². The molecule has 0 radical (unpaired) electrons. The van der Waals surface area contributed by atoms with E-state index in [1.54, 1.807) is 19.2 Å². The fraction of sp³-hybridized carbons (Fsp3) is 0.235. The van der Waals surface area contributed by atoms with Crippen LogP contribution in [0.25, 0.3) is 0 Å². The number of hydrazine groups is 1. The summed E-state index contributed by atoms with van der Waals surface area (Å²) in [7, 11) is 1.59. The number of benzene rings is 4. The van der Waals surface area contributed by atoms with Crippen molar-refractivity contribution in [3.63, 3.8) is 0 Å². The smallest absolute Gasteiger partial charge is 0.266 e. The Morgan fingerprint density at radius 3 is 2.44 bits per heavy atom. The molecule has 0 saturated heterocycles. The zero-order valence-electron chi connectivity index (χ0n) is 24.4. The van der Waals surface area contributed by atoms with Gasteiger partial charge in [0.25, 0.3) is 5.91 Å². The van der Waals surface area contributed by atoms with E-state index < -0.39 is 11.6 Å². The van der Waals surface area contributed by atoms with Crippen LogP contribution in [0.4, 0.5) is 0 Å². The number of hydrogen-bond donors (Lipinski definition) is 3. The largest absolute Gasteiger partial charge is 0.497 e. The van der Waals surface area contributed by atoms with E-state index in [1.807, 2.05) is 78.9 Å². The molecule has 1 amide bonds. The first kappa shape index (κ1) is 32.8. The maximum Gasteiger partial charge on any atom is 0.266 e. The second kappa shape index (κ2) is 15.1. The van der Waals surface area contributed by atoms with Crippen molar-refractivity contribution in [1.29, 1.82) is 0 Å². The summed E-state index contributed by atoms with van der Waals surface area (Å²) in [6.07, 6.45) is -0.0144. The van der Waals surface area contributed by atoms with Gasteiger partial charge in [-0.05, 0) is 77.4 Å². The van der Waals surface area contributed by atoms with Crippen molar-refractivity contribution >= 4 is 50.9 Å². The molecule has 8 nitrogen and oxygen atoms in total. The quantitative estimate of drug-likeness (QED) is 0.104. The molecular formula is C34H32BrCl2N3O5. The summed E-state index contributed by atoms with van der Waals surface area (Å²) in [6.45, 7) is 0.756. The maximum absolute atomic E-state index is 14.4. The molecule has 0 aromatic heterocycles. The Hall–Kier alpha value is -3.60. The number of amides is 1. The number of methoxy groups -OCH3 is 1. The molecule has 4 aromatic carbocycles. The van der Waals surface area contributed by atoms with Gasteiger partial charge < -0.3 is 19.3 Å². The molecule has 0 unspecified atom stereocenters. The first-order valence-electron chi connectivity index (χ1n) is 14.3. The molecule has 1 heterocycles. The summed E-state index contributed by atoms with van der Waals surface area (Å²) in [5.41, 5.74) is 7.66. The van der Waals surface area contributed by atoms with Crippen LogP contribution in [0.2, 0.25) is 10.0 Å². The van der Waals surface area contributed by atoms with Crippen LogP contribution < -0.4 is 20.3 Å². The molecule has 0 aliphatic carbocycles. The van der Waals surface area contributed by atoms with Gasteiger partial charge in [0.1, 0.15) is 11.5 Å². The average molecular weight is 713 g/mol. The monoisotopic (exact) mass is 711 g/mol. The summed E-state index contributed by atoms with van der Waals surface area (Å²) < 4.78 is 18.7. The molecule has 4 aromatic rings. The van der Waals surface area contributed by atoms with Crippen molar-refractivity contribution in [2.45, 2.75) is 31.0 Å². The highest BCUT2D eigenvalue weighted by atomic mass is 79.9. The molecule has 1 aliphatic heterocycles. The number of aliphatic hydroxyl groups is 1. The van der Waals surface area contributed by atoms with Crippen LogP contribution in [0.15, 0.2) is 100 Å². The Labute approximate surface area is 280 Å². The van der Waals surface area contributed by atoms with Gasteiger partial charge in [-0.15, -0.1) is 0 Å². The lowest BCUT2D eigenvalue weighted by Gasteiger charge is -2.31. The number of carbonyl (C=O) groups excluding carboxylic acids is 1. The summed E-state index contributed by atoms with van der Waals surface area (Å²) >= 11 is 15.8. The van der Waals surface area contributed by atoms with E-state index in [0.29, 0.717) is 52.6 Å². The van der Waals surface area contributed by atoms with Crippen LogP contribution in [-0.4, -0.2) is 42.8 Å². The Morgan fingerprint density at radius 1 is 0.978 bits per heavy atom. The number of hydrogen-bond acceptors (Lipinski definition) is 7. The molecule has 5 rings (SSSR count). The first-order chi connectivity index (χ1) is 21.8. The van der Waals surface area contributed by atoms with Crippen molar-refractivity contribution in [3.05, 3.63) is 128 Å². The molecule has 11 heteroatoms. The molecule has 234 valence electrons. The van der Waals surface area contributed by atoms with E-state index in [2.05, 4.69) is 26.8 Å². The highest BCUT2D eigenvalue weighted by Gasteiger charge is 2.53. The first-order valence-corrected chi connectivity index (χ1v) is 15.8. The number of nitrogens with one attached hydrogen (secondary N) is 2. The maximum atomic E-state index is 14.4. The Balaban J connectivity index is 1.52. The number of ether oxygens (including phenoxy) is 3. The predicted octanol–water partition coefficient (Wildman–Crippen LogP) is 6.85. The molecule has 0 bridgehead atoms. The van der Waals surface area contributed by atoms with Crippen molar-refractivity contribution in [1.82, 2.24) is 10.9 Å². The molecule has 45 heavy (non-hydrogen) atoms. The lowest BCUT2D eigenvalue weighted by molar-refractivity contribution is -0.130. The van der Waals surface area contributed by atoms with E-state index in [-0.39, 0.29) is 18.9 Å². The predicted molar refractivity (Wildman–Crippen MR) is 179 cm³/mol. The van der Waals surface area contributed by atoms with Gasteiger partial charge in [-0.25, -0.2) is 10.4 Å². The van der Waals surface area contributed by atoms with E-state index in [0.717, 1.165) is 21.2 Å². The third-order valence-corrected chi connectivity index (χ3v) is 8.56. The molecule has 2 atom stereocenters. The normalized spacial score (nSPS) is 17.4. The Morgan fingerprint density at radius 2 is 1.73 bits per heavy atom. The summed E-state index contributed by atoms with van der Waals surface area (Å²) in [5, 5.41) is 9.94. The van der Waals surface area contributed by atoms with Gasteiger partial charge in [0.15, 0.2) is 11.6 Å². The number of carbonyl (C=O) groups is 1. The minimum Gasteiger partial charge on any atom is -0.497 e. The average Bonchev–Trinajstić information content (AvgIpc) is 3.44. The zero-order chi connectivity index (χ0) is 31.8. The van der Waals surface area contributed by atoms with Gasteiger partial charge in [-0.2, -0.15) is 0 Å². The van der Waals surface area contributed by atoms with Gasteiger partial charge >= 0.3 is 0 Å². The summed E-state index contributed by atoms with van der Waals surface area (Å²) in [5.74, 6) is 1.23. The summed E-state index contributed by atoms with van der Waals surface area (Å²) in [4.78, 5) is 19.4. The number of aliphatic imine (C=N–C) groups is 1. The van der Waals surface area contributed by atoms with E-state index >= 15 is 0 Å². The minimum atomic E-state index is -1.41. The number of halogens is 3. The van der Waals surface area contributed by atoms with Crippen molar-refractivity contribution in [2.75, 3.05) is 20.3 Å². The van der Waals surface area contributed by atoms with Crippen LogP contribution in [0.3, 0.4) is 0 Å². The third-order valence-electron chi connectivity index (χ3n) is 7.29. The van der Waals surface area contributed by atoms with Crippen LogP contribution in [0.5, 0.6) is 11.5 Å². The number of aliphatic hydroxyl groups excluding tert-OH is 1. The molecule has 1 aliphatic rings. The van der Waals surface area contributed by atoms with E-state index in [4.69, 9.17) is 47.5 Å². The van der Waals surface area contributed by atoms with Gasteiger partial charge in [-0.1, -0.05) is 69.5 Å². The lowest BCUT2D eigenvalue weighted by atomic mass is 9.82. The van der Waals surface area contributed by atoms with Gasteiger partial charge in [0, 0.05) is 36.0 Å². The number of rotatable bonds is 13. The highest BCUT2D eigenvalue weighted by molar-refractivity contribution is 9.10. The molecule has 0 spiro atoms. The lowest BCUT2D eigenvalue weighted by Crippen LogP contribution is -2.53. The van der Waals surface area contributed by atoms with Gasteiger partial charge in [0.2, 0.25) is 5.90 Å². The molecular weight excluding hydrogens is 681 g/mol.